The molecular weight excluding hydrogens is 564 g/mol. The number of hydrogen-bond acceptors (Lipinski definition) is 4. The van der Waals surface area contributed by atoms with Crippen LogP contribution in [-0.4, -0.2) is 25.2 Å². The molecule has 1 N–H and O–H groups in total. The fraction of sp³-hybridized carbons (Fsp3) is 0.0741. The minimum Gasteiger partial charge on any atom is -0.455 e. The lowest BCUT2D eigenvalue weighted by molar-refractivity contribution is -0.116. The third kappa shape index (κ3) is 6.73. The van der Waals surface area contributed by atoms with E-state index in [1.807, 2.05) is 18.2 Å². The monoisotopic (exact) mass is 584 g/mol. The molecule has 0 aromatic heterocycles. The molecule has 9 heteroatoms. The molecule has 4 aromatic rings. The predicted octanol–water partition coefficient (Wildman–Crippen LogP) is 6.72. The Kier molecular flexibility index (Phi) is 8.43. The van der Waals surface area contributed by atoms with Crippen LogP contribution in [0.25, 0.3) is 0 Å². The van der Waals surface area contributed by atoms with Gasteiger partial charge >= 0.3 is 0 Å². The second kappa shape index (κ2) is 11.7. The van der Waals surface area contributed by atoms with Gasteiger partial charge in [0.05, 0.1) is 17.1 Å². The fourth-order valence-electron chi connectivity index (χ4n) is 3.40. The maximum absolute atomic E-state index is 13.5. The van der Waals surface area contributed by atoms with Crippen molar-refractivity contribution >= 4 is 49.1 Å². The smallest absolute Gasteiger partial charge is 0.243 e. The number of anilines is 1. The van der Waals surface area contributed by atoms with E-state index >= 15 is 0 Å². The van der Waals surface area contributed by atoms with Gasteiger partial charge in [0.15, 0.2) is 5.75 Å². The first-order chi connectivity index (χ1) is 17.3. The highest BCUT2D eigenvalue weighted by Crippen LogP contribution is 2.29. The molecule has 4 rings (SSSR count). The summed E-state index contributed by atoms with van der Waals surface area (Å²) in [7, 11) is -3.98. The number of rotatable bonds is 9. The lowest BCUT2D eigenvalue weighted by Crippen LogP contribution is -2.37. The van der Waals surface area contributed by atoms with Gasteiger partial charge in [-0.3, -0.25) is 4.79 Å². The lowest BCUT2D eigenvalue weighted by atomic mass is 10.2. The number of ether oxygens (including phenoxy) is 1. The first-order valence-electron chi connectivity index (χ1n) is 10.9. The highest BCUT2D eigenvalue weighted by molar-refractivity contribution is 9.10. The van der Waals surface area contributed by atoms with Crippen molar-refractivity contribution in [3.8, 4) is 11.5 Å². The second-order valence-corrected chi connectivity index (χ2v) is 11.1. The van der Waals surface area contributed by atoms with E-state index in [-0.39, 0.29) is 11.4 Å². The summed E-state index contributed by atoms with van der Waals surface area (Å²) in [4.78, 5) is 13.2. The largest absolute Gasteiger partial charge is 0.455 e. The van der Waals surface area contributed by atoms with E-state index < -0.39 is 22.5 Å². The van der Waals surface area contributed by atoms with Crippen LogP contribution in [0.15, 0.2) is 112 Å². The molecule has 1 amide bonds. The minimum atomic E-state index is -3.98. The SMILES string of the molecule is O=C(CN(Cc1ccc(Cl)cc1)S(=O)(=O)c1ccc(Br)cc1)Nc1ccccc1Oc1ccccc1. The van der Waals surface area contributed by atoms with E-state index in [4.69, 9.17) is 16.3 Å². The molecule has 0 heterocycles. The molecule has 0 unspecified atom stereocenters. The van der Waals surface area contributed by atoms with Crippen molar-refractivity contribution in [2.24, 2.45) is 0 Å². The first-order valence-corrected chi connectivity index (χ1v) is 13.5. The first kappa shape index (κ1) is 25.9. The summed E-state index contributed by atoms with van der Waals surface area (Å²) in [5, 5.41) is 3.33. The molecule has 0 saturated carbocycles. The second-order valence-electron chi connectivity index (χ2n) is 7.81. The number of amides is 1. The van der Waals surface area contributed by atoms with E-state index in [2.05, 4.69) is 21.2 Å². The Morgan fingerprint density at radius 1 is 0.861 bits per heavy atom. The Labute approximate surface area is 223 Å². The van der Waals surface area contributed by atoms with Crippen LogP contribution < -0.4 is 10.1 Å². The van der Waals surface area contributed by atoms with Gasteiger partial charge < -0.3 is 10.1 Å². The van der Waals surface area contributed by atoms with Crippen molar-refractivity contribution < 1.29 is 17.9 Å². The predicted molar refractivity (Wildman–Crippen MR) is 145 cm³/mol. The molecule has 0 saturated heterocycles. The molecule has 184 valence electrons. The number of para-hydroxylation sites is 3. The van der Waals surface area contributed by atoms with E-state index in [1.54, 1.807) is 72.8 Å². The Balaban J connectivity index is 1.57. The highest BCUT2D eigenvalue weighted by atomic mass is 79.9. The number of nitrogens with zero attached hydrogens (tertiary/aromatic N) is 1. The van der Waals surface area contributed by atoms with E-state index in [0.29, 0.717) is 27.8 Å². The van der Waals surface area contributed by atoms with E-state index in [0.717, 1.165) is 8.78 Å². The van der Waals surface area contributed by atoms with E-state index in [1.165, 1.54) is 12.1 Å². The van der Waals surface area contributed by atoms with Gasteiger partial charge in [0.25, 0.3) is 0 Å². The Morgan fingerprint density at radius 3 is 2.19 bits per heavy atom. The zero-order valence-corrected chi connectivity index (χ0v) is 22.1. The standard InChI is InChI=1S/C27H22BrClN2O4S/c28-21-12-16-24(17-13-21)36(33,34)31(18-20-10-14-22(29)15-11-20)19-27(32)30-25-8-4-5-9-26(25)35-23-6-2-1-3-7-23/h1-17H,18-19H2,(H,30,32). The fourth-order valence-corrected chi connectivity index (χ4v) is 5.17. The molecular formula is C27H22BrClN2O4S. The summed E-state index contributed by atoms with van der Waals surface area (Å²) in [6.07, 6.45) is 0. The van der Waals surface area contributed by atoms with Crippen molar-refractivity contribution in [2.45, 2.75) is 11.4 Å². The van der Waals surface area contributed by atoms with Gasteiger partial charge in [0.1, 0.15) is 5.75 Å². The highest BCUT2D eigenvalue weighted by Gasteiger charge is 2.27. The Bertz CT molecular complexity index is 1430. The van der Waals surface area contributed by atoms with Crippen LogP contribution >= 0.6 is 27.5 Å². The Morgan fingerprint density at radius 2 is 1.50 bits per heavy atom. The number of halogens is 2. The average molecular weight is 586 g/mol. The molecule has 0 atom stereocenters. The molecule has 4 aromatic carbocycles. The number of nitrogens with one attached hydrogen (secondary N) is 1. The molecule has 0 aliphatic carbocycles. The molecule has 36 heavy (non-hydrogen) atoms. The van der Waals surface area contributed by atoms with Crippen LogP contribution in [0.5, 0.6) is 11.5 Å². The third-order valence-electron chi connectivity index (χ3n) is 5.18. The normalized spacial score (nSPS) is 11.3. The Hall–Kier alpha value is -3.17. The van der Waals surface area contributed by atoms with Gasteiger partial charge in [-0.05, 0) is 66.2 Å². The zero-order valence-electron chi connectivity index (χ0n) is 19.0. The number of benzene rings is 4. The number of sulfonamides is 1. The van der Waals surface area contributed by atoms with Crippen LogP contribution in [0, 0.1) is 0 Å². The lowest BCUT2D eigenvalue weighted by Gasteiger charge is -2.22. The summed E-state index contributed by atoms with van der Waals surface area (Å²) in [6, 6.07) is 29.2. The molecule has 0 radical (unpaired) electrons. The maximum Gasteiger partial charge on any atom is 0.243 e. The topological polar surface area (TPSA) is 75.7 Å². The van der Waals surface area contributed by atoms with Crippen molar-refractivity contribution in [2.75, 3.05) is 11.9 Å². The third-order valence-corrected chi connectivity index (χ3v) is 7.76. The van der Waals surface area contributed by atoms with Crippen molar-refractivity contribution in [1.29, 1.82) is 0 Å². The number of carbonyl (C=O) groups is 1. The van der Waals surface area contributed by atoms with Gasteiger partial charge in [0.2, 0.25) is 15.9 Å². The minimum absolute atomic E-state index is 0.00878. The zero-order chi connectivity index (χ0) is 25.5. The average Bonchev–Trinajstić information content (AvgIpc) is 2.87. The number of carbonyl (C=O) groups excluding carboxylic acids is 1. The molecule has 0 bridgehead atoms. The van der Waals surface area contributed by atoms with Gasteiger partial charge in [-0.1, -0.05) is 70.0 Å². The van der Waals surface area contributed by atoms with Gasteiger partial charge in [0, 0.05) is 16.0 Å². The van der Waals surface area contributed by atoms with Gasteiger partial charge in [-0.15, -0.1) is 0 Å². The van der Waals surface area contributed by atoms with E-state index in [9.17, 15) is 13.2 Å². The van der Waals surface area contributed by atoms with Crippen LogP contribution in [-0.2, 0) is 21.4 Å². The molecule has 0 aliphatic rings. The molecule has 6 nitrogen and oxygen atoms in total. The van der Waals surface area contributed by atoms with Crippen molar-refractivity contribution in [3.05, 3.63) is 118 Å². The molecule has 0 aliphatic heterocycles. The van der Waals surface area contributed by atoms with Crippen LogP contribution in [0.3, 0.4) is 0 Å². The summed E-state index contributed by atoms with van der Waals surface area (Å²) in [5.41, 5.74) is 1.12. The van der Waals surface area contributed by atoms with Crippen molar-refractivity contribution in [1.82, 2.24) is 4.31 Å². The maximum atomic E-state index is 13.5. The summed E-state index contributed by atoms with van der Waals surface area (Å²) in [5.74, 6) is 0.548. The van der Waals surface area contributed by atoms with Gasteiger partial charge in [-0.2, -0.15) is 4.31 Å². The number of hydrogen-bond donors (Lipinski definition) is 1. The molecule has 0 fully saturated rings. The summed E-state index contributed by atoms with van der Waals surface area (Å²) in [6.45, 7) is -0.411. The quantitative estimate of drug-likeness (QED) is 0.236. The van der Waals surface area contributed by atoms with Gasteiger partial charge in [-0.25, -0.2) is 8.42 Å². The summed E-state index contributed by atoms with van der Waals surface area (Å²) < 4.78 is 34.8. The van der Waals surface area contributed by atoms with Crippen LogP contribution in [0.4, 0.5) is 5.69 Å². The van der Waals surface area contributed by atoms with Crippen molar-refractivity contribution in [3.63, 3.8) is 0 Å². The van der Waals surface area contributed by atoms with Crippen LogP contribution in [0.2, 0.25) is 5.02 Å². The summed E-state index contributed by atoms with van der Waals surface area (Å²) >= 11 is 9.30. The molecule has 0 spiro atoms. The van der Waals surface area contributed by atoms with Crippen LogP contribution in [0.1, 0.15) is 5.56 Å².